The van der Waals surface area contributed by atoms with E-state index >= 15 is 0 Å². The number of ether oxygens (including phenoxy) is 2. The molecule has 0 bridgehead atoms. The van der Waals surface area contributed by atoms with Gasteiger partial charge in [0.1, 0.15) is 6.10 Å². The van der Waals surface area contributed by atoms with Crippen molar-refractivity contribution in [2.75, 3.05) is 6.61 Å². The molecule has 1 aliphatic carbocycles. The molecule has 3 unspecified atom stereocenters. The molecule has 1 aliphatic rings. The second kappa shape index (κ2) is 12.8. The Kier molecular flexibility index (Phi) is 10.5. The van der Waals surface area contributed by atoms with Gasteiger partial charge in [0.05, 0.1) is 17.7 Å². The number of nitrogens with one attached hydrogen (secondary N) is 1. The van der Waals surface area contributed by atoms with Crippen LogP contribution in [0.2, 0.25) is 0 Å². The van der Waals surface area contributed by atoms with Crippen molar-refractivity contribution in [3.8, 4) is 0 Å². The number of aryl methyl sites for hydroxylation is 1. The third-order valence-corrected chi connectivity index (χ3v) is 5.75. The molecule has 0 aromatic carbocycles. The van der Waals surface area contributed by atoms with Gasteiger partial charge in [-0.1, -0.05) is 26.8 Å². The van der Waals surface area contributed by atoms with E-state index < -0.39 is 17.6 Å². The zero-order valence-corrected chi connectivity index (χ0v) is 20.9. The molecule has 1 aromatic heterocycles. The summed E-state index contributed by atoms with van der Waals surface area (Å²) in [5, 5.41) is 0. The van der Waals surface area contributed by atoms with Crippen LogP contribution >= 0.6 is 0 Å². The van der Waals surface area contributed by atoms with Crippen LogP contribution in [0.3, 0.4) is 0 Å². The lowest BCUT2D eigenvalue weighted by Gasteiger charge is -2.25. The fourth-order valence-corrected chi connectivity index (χ4v) is 3.51. The summed E-state index contributed by atoms with van der Waals surface area (Å²) in [7, 11) is 0. The second-order valence-electron chi connectivity index (χ2n) is 10.1. The predicted molar refractivity (Wildman–Crippen MR) is 128 cm³/mol. The van der Waals surface area contributed by atoms with E-state index in [0.717, 1.165) is 31.2 Å². The first-order valence-electron chi connectivity index (χ1n) is 12.0. The minimum atomic E-state index is -0.543. The molecule has 7 heteroatoms. The standard InChI is InChI=1S/C26H40N2O5/c1-18(2)17-31-20(4)33-28-24(29)12-10-22-9-8-21(16-27-22)13-14-26(5,6)25(30)32-23-11-7-19(3)15-23/h8-10,12,16,18-20,23H,7,11,13-15,17H2,1-6H3,(H,28,29)/b12-10+. The average Bonchev–Trinajstić information content (AvgIpc) is 3.18. The number of esters is 1. The van der Waals surface area contributed by atoms with E-state index in [1.807, 2.05) is 39.8 Å². The lowest BCUT2D eigenvalue weighted by molar-refractivity contribution is -0.180. The van der Waals surface area contributed by atoms with Gasteiger partial charge in [-0.15, -0.1) is 0 Å². The number of hydrogen-bond acceptors (Lipinski definition) is 6. The molecule has 1 heterocycles. The molecule has 2 rings (SSSR count). The van der Waals surface area contributed by atoms with Crippen LogP contribution in [0.4, 0.5) is 0 Å². The molecule has 33 heavy (non-hydrogen) atoms. The minimum absolute atomic E-state index is 0.0675. The number of rotatable bonds is 12. The van der Waals surface area contributed by atoms with Crippen LogP contribution in [-0.4, -0.2) is 35.9 Å². The first-order valence-corrected chi connectivity index (χ1v) is 12.0. The van der Waals surface area contributed by atoms with Crippen molar-refractivity contribution in [2.45, 2.75) is 86.0 Å². The average molecular weight is 461 g/mol. The Hall–Kier alpha value is -2.25. The van der Waals surface area contributed by atoms with Gasteiger partial charge in [-0.05, 0) is 82.4 Å². The first-order chi connectivity index (χ1) is 15.5. The van der Waals surface area contributed by atoms with Gasteiger partial charge in [0.2, 0.25) is 0 Å². The molecular weight excluding hydrogens is 420 g/mol. The smallest absolute Gasteiger partial charge is 0.311 e. The summed E-state index contributed by atoms with van der Waals surface area (Å²) in [6.07, 6.45) is 8.77. The quantitative estimate of drug-likeness (QED) is 0.208. The number of amides is 1. The largest absolute Gasteiger partial charge is 0.462 e. The van der Waals surface area contributed by atoms with Crippen LogP contribution in [0.15, 0.2) is 24.4 Å². The van der Waals surface area contributed by atoms with Crippen molar-refractivity contribution < 1.29 is 23.9 Å². The van der Waals surface area contributed by atoms with Crippen LogP contribution in [0, 0.1) is 17.3 Å². The lowest BCUT2D eigenvalue weighted by Crippen LogP contribution is -2.30. The molecule has 0 spiro atoms. The van der Waals surface area contributed by atoms with Crippen molar-refractivity contribution in [1.29, 1.82) is 0 Å². The van der Waals surface area contributed by atoms with Gasteiger partial charge in [-0.3, -0.25) is 14.6 Å². The van der Waals surface area contributed by atoms with Gasteiger partial charge < -0.3 is 9.47 Å². The fourth-order valence-electron chi connectivity index (χ4n) is 3.51. The molecule has 1 fully saturated rings. The molecule has 0 saturated heterocycles. The summed E-state index contributed by atoms with van der Waals surface area (Å²) < 4.78 is 11.2. The normalized spacial score (nSPS) is 19.7. The topological polar surface area (TPSA) is 86.8 Å². The van der Waals surface area contributed by atoms with E-state index in [1.54, 1.807) is 19.2 Å². The highest BCUT2D eigenvalue weighted by Gasteiger charge is 2.33. The van der Waals surface area contributed by atoms with Crippen LogP contribution in [0.5, 0.6) is 0 Å². The van der Waals surface area contributed by atoms with Crippen LogP contribution in [0.1, 0.15) is 78.5 Å². The molecule has 1 saturated carbocycles. The maximum absolute atomic E-state index is 12.6. The Balaban J connectivity index is 1.75. The molecular formula is C26H40N2O5. The predicted octanol–water partition coefficient (Wildman–Crippen LogP) is 4.85. The molecule has 1 N–H and O–H groups in total. The number of carbonyl (C=O) groups excluding carboxylic acids is 2. The van der Waals surface area contributed by atoms with Gasteiger partial charge in [0.25, 0.3) is 5.91 Å². The number of pyridine rings is 1. The van der Waals surface area contributed by atoms with Crippen molar-refractivity contribution in [2.24, 2.45) is 17.3 Å². The molecule has 184 valence electrons. The van der Waals surface area contributed by atoms with Gasteiger partial charge in [-0.25, -0.2) is 10.3 Å². The van der Waals surface area contributed by atoms with Gasteiger partial charge in [-0.2, -0.15) is 0 Å². The van der Waals surface area contributed by atoms with E-state index in [2.05, 4.69) is 17.4 Å². The Morgan fingerprint density at radius 2 is 2.00 bits per heavy atom. The Bertz CT molecular complexity index is 788. The number of hydrogen-bond donors (Lipinski definition) is 1. The summed E-state index contributed by atoms with van der Waals surface area (Å²) in [5.74, 6) is 0.515. The monoisotopic (exact) mass is 460 g/mol. The molecule has 0 radical (unpaired) electrons. The molecule has 0 aliphatic heterocycles. The lowest BCUT2D eigenvalue weighted by atomic mass is 9.86. The van der Waals surface area contributed by atoms with E-state index in [1.165, 1.54) is 6.08 Å². The maximum Gasteiger partial charge on any atom is 0.311 e. The van der Waals surface area contributed by atoms with Gasteiger partial charge in [0.15, 0.2) is 6.29 Å². The zero-order chi connectivity index (χ0) is 24.4. The SMILES string of the molecule is CC(C)COC(C)ONC(=O)/C=C/c1ccc(CCC(C)(C)C(=O)OC2CCC(C)C2)cn1. The highest BCUT2D eigenvalue weighted by molar-refractivity contribution is 5.90. The van der Waals surface area contributed by atoms with Gasteiger partial charge >= 0.3 is 5.97 Å². The summed E-state index contributed by atoms with van der Waals surface area (Å²) >= 11 is 0. The van der Waals surface area contributed by atoms with Crippen molar-refractivity contribution >= 4 is 18.0 Å². The number of aromatic nitrogens is 1. The molecule has 1 amide bonds. The first kappa shape index (κ1) is 27.0. The zero-order valence-electron chi connectivity index (χ0n) is 20.9. The molecule has 1 aromatic rings. The van der Waals surface area contributed by atoms with E-state index in [0.29, 0.717) is 30.6 Å². The van der Waals surface area contributed by atoms with Crippen molar-refractivity contribution in [3.05, 3.63) is 35.7 Å². The molecule has 7 nitrogen and oxygen atoms in total. The third-order valence-electron chi connectivity index (χ3n) is 5.75. The van der Waals surface area contributed by atoms with Crippen molar-refractivity contribution in [3.63, 3.8) is 0 Å². The van der Waals surface area contributed by atoms with Crippen LogP contribution in [0.25, 0.3) is 6.08 Å². The van der Waals surface area contributed by atoms with E-state index in [9.17, 15) is 9.59 Å². The highest BCUT2D eigenvalue weighted by Crippen LogP contribution is 2.31. The fraction of sp³-hybridized carbons (Fsp3) is 0.654. The summed E-state index contributed by atoms with van der Waals surface area (Å²) in [4.78, 5) is 34.0. The Morgan fingerprint density at radius 1 is 1.24 bits per heavy atom. The number of hydroxylamine groups is 1. The van der Waals surface area contributed by atoms with Crippen molar-refractivity contribution in [1.82, 2.24) is 10.5 Å². The van der Waals surface area contributed by atoms with E-state index in [4.69, 9.17) is 14.3 Å². The summed E-state index contributed by atoms with van der Waals surface area (Å²) in [6.45, 7) is 12.4. The Morgan fingerprint density at radius 3 is 2.61 bits per heavy atom. The Labute approximate surface area is 198 Å². The summed E-state index contributed by atoms with van der Waals surface area (Å²) in [6, 6.07) is 3.81. The van der Waals surface area contributed by atoms with Crippen LogP contribution in [-0.2, 0) is 30.3 Å². The van der Waals surface area contributed by atoms with E-state index in [-0.39, 0.29) is 12.1 Å². The maximum atomic E-state index is 12.6. The second-order valence-corrected chi connectivity index (χ2v) is 10.1. The summed E-state index contributed by atoms with van der Waals surface area (Å²) in [5.41, 5.74) is 3.49. The molecule has 3 atom stereocenters. The van der Waals surface area contributed by atoms with Gasteiger partial charge in [0, 0.05) is 12.3 Å². The number of nitrogens with zero attached hydrogens (tertiary/aromatic N) is 1. The van der Waals surface area contributed by atoms with Crippen LogP contribution < -0.4 is 5.48 Å². The number of carbonyl (C=O) groups is 2. The minimum Gasteiger partial charge on any atom is -0.462 e. The third kappa shape index (κ3) is 10.0. The highest BCUT2D eigenvalue weighted by atomic mass is 16.8.